The van der Waals surface area contributed by atoms with Gasteiger partial charge in [-0.15, -0.1) is 5.10 Å². The van der Waals surface area contributed by atoms with Crippen molar-refractivity contribution in [1.29, 1.82) is 0 Å². The van der Waals surface area contributed by atoms with Crippen molar-refractivity contribution in [3.63, 3.8) is 0 Å². The first-order valence-electron chi connectivity index (χ1n) is 5.65. The van der Waals surface area contributed by atoms with Crippen molar-refractivity contribution < 1.29 is 19.7 Å². The Bertz CT molecular complexity index is 550. The van der Waals surface area contributed by atoms with E-state index in [0.717, 1.165) is 5.56 Å². The first kappa shape index (κ1) is 13.0. The summed E-state index contributed by atoms with van der Waals surface area (Å²) in [5.41, 5.74) is 0.724. The minimum absolute atomic E-state index is 0.00278. The lowest BCUT2D eigenvalue weighted by molar-refractivity contribution is 0.0690. The number of carbonyl (C=O) groups is 1. The van der Waals surface area contributed by atoms with Gasteiger partial charge in [0.1, 0.15) is 12.4 Å². The normalized spacial score (nSPS) is 10.4. The molecule has 100 valence electrons. The van der Waals surface area contributed by atoms with E-state index in [1.54, 1.807) is 24.3 Å². The lowest BCUT2D eigenvalue weighted by atomic mass is 10.2. The Morgan fingerprint density at radius 1 is 1.32 bits per heavy atom. The molecule has 2 rings (SSSR count). The minimum atomic E-state index is -1.10. The highest BCUT2D eigenvalue weighted by molar-refractivity contribution is 5.84. The SMILES string of the molecule is O=C(O)c1cn(CCOc2ccc(CO)cc2)nn1. The number of nitrogens with zero attached hydrogens (tertiary/aromatic N) is 3. The molecule has 0 saturated carbocycles. The van der Waals surface area contributed by atoms with Gasteiger partial charge in [0.15, 0.2) is 5.69 Å². The lowest BCUT2D eigenvalue weighted by Gasteiger charge is -2.06. The molecule has 1 heterocycles. The molecule has 2 aromatic rings. The van der Waals surface area contributed by atoms with Crippen LogP contribution in [0.1, 0.15) is 16.1 Å². The Kier molecular flexibility index (Phi) is 4.09. The molecule has 1 aromatic carbocycles. The van der Waals surface area contributed by atoms with Crippen LogP contribution in [0.5, 0.6) is 5.75 Å². The molecule has 0 saturated heterocycles. The van der Waals surface area contributed by atoms with E-state index in [-0.39, 0.29) is 12.3 Å². The lowest BCUT2D eigenvalue weighted by Crippen LogP contribution is -2.08. The van der Waals surface area contributed by atoms with Crippen LogP contribution in [-0.2, 0) is 13.2 Å². The topological polar surface area (TPSA) is 97.5 Å². The molecule has 0 spiro atoms. The number of aromatic nitrogens is 3. The van der Waals surface area contributed by atoms with Crippen molar-refractivity contribution >= 4 is 5.97 Å². The van der Waals surface area contributed by atoms with Crippen LogP contribution >= 0.6 is 0 Å². The van der Waals surface area contributed by atoms with E-state index in [0.29, 0.717) is 18.9 Å². The third-order valence-corrected chi connectivity index (χ3v) is 2.45. The molecular formula is C12H13N3O4. The van der Waals surface area contributed by atoms with Crippen LogP contribution in [0.4, 0.5) is 0 Å². The van der Waals surface area contributed by atoms with Gasteiger partial charge in [-0.1, -0.05) is 17.3 Å². The van der Waals surface area contributed by atoms with E-state index < -0.39 is 5.97 Å². The van der Waals surface area contributed by atoms with E-state index in [4.69, 9.17) is 14.9 Å². The summed E-state index contributed by atoms with van der Waals surface area (Å²) in [4.78, 5) is 10.6. The van der Waals surface area contributed by atoms with Gasteiger partial charge in [-0.2, -0.15) is 0 Å². The highest BCUT2D eigenvalue weighted by atomic mass is 16.5. The van der Waals surface area contributed by atoms with Crippen LogP contribution < -0.4 is 4.74 Å². The molecule has 1 aromatic heterocycles. The molecular weight excluding hydrogens is 250 g/mol. The van der Waals surface area contributed by atoms with Crippen LogP contribution in [0.2, 0.25) is 0 Å². The maximum absolute atomic E-state index is 10.6. The van der Waals surface area contributed by atoms with Crippen molar-refractivity contribution in [2.75, 3.05) is 6.61 Å². The first-order valence-corrected chi connectivity index (χ1v) is 5.65. The quantitative estimate of drug-likeness (QED) is 0.789. The molecule has 2 N–H and O–H groups in total. The highest BCUT2D eigenvalue weighted by Gasteiger charge is 2.07. The third-order valence-electron chi connectivity index (χ3n) is 2.45. The van der Waals surface area contributed by atoms with Gasteiger partial charge in [-0.05, 0) is 17.7 Å². The van der Waals surface area contributed by atoms with Crippen LogP contribution in [0.25, 0.3) is 0 Å². The van der Waals surface area contributed by atoms with Crippen molar-refractivity contribution in [1.82, 2.24) is 15.0 Å². The number of aliphatic hydroxyl groups is 1. The number of hydrogen-bond acceptors (Lipinski definition) is 5. The van der Waals surface area contributed by atoms with Crippen molar-refractivity contribution in [3.05, 3.63) is 41.7 Å². The van der Waals surface area contributed by atoms with Gasteiger partial charge < -0.3 is 14.9 Å². The molecule has 7 nitrogen and oxygen atoms in total. The van der Waals surface area contributed by atoms with Gasteiger partial charge in [-0.3, -0.25) is 0 Å². The summed E-state index contributed by atoms with van der Waals surface area (Å²) in [6.45, 7) is 0.750. The Hall–Kier alpha value is -2.41. The maximum atomic E-state index is 10.6. The second-order valence-electron chi connectivity index (χ2n) is 3.82. The summed E-state index contributed by atoms with van der Waals surface area (Å²) in [5.74, 6) is -0.428. The summed E-state index contributed by atoms with van der Waals surface area (Å²) in [5, 5.41) is 24.7. The summed E-state index contributed by atoms with van der Waals surface area (Å²) in [7, 11) is 0. The van der Waals surface area contributed by atoms with Gasteiger partial charge >= 0.3 is 5.97 Å². The number of rotatable bonds is 6. The van der Waals surface area contributed by atoms with Crippen molar-refractivity contribution in [2.45, 2.75) is 13.2 Å². The minimum Gasteiger partial charge on any atom is -0.492 e. The summed E-state index contributed by atoms with van der Waals surface area (Å²) < 4.78 is 6.87. The van der Waals surface area contributed by atoms with Crippen LogP contribution in [0.15, 0.2) is 30.5 Å². The molecule has 0 unspecified atom stereocenters. The highest BCUT2D eigenvalue weighted by Crippen LogP contribution is 2.12. The zero-order valence-corrected chi connectivity index (χ0v) is 10.1. The van der Waals surface area contributed by atoms with E-state index in [1.165, 1.54) is 10.9 Å². The Morgan fingerprint density at radius 2 is 2.05 bits per heavy atom. The van der Waals surface area contributed by atoms with E-state index in [2.05, 4.69) is 10.3 Å². The van der Waals surface area contributed by atoms with Gasteiger partial charge in [0.25, 0.3) is 0 Å². The second kappa shape index (κ2) is 5.96. The average Bonchev–Trinajstić information content (AvgIpc) is 2.89. The Balaban J connectivity index is 1.83. The Morgan fingerprint density at radius 3 is 2.63 bits per heavy atom. The van der Waals surface area contributed by atoms with Crippen molar-refractivity contribution in [3.8, 4) is 5.75 Å². The number of aliphatic hydroxyl groups excluding tert-OH is 1. The molecule has 19 heavy (non-hydrogen) atoms. The largest absolute Gasteiger partial charge is 0.492 e. The summed E-state index contributed by atoms with van der Waals surface area (Å²) in [6, 6.07) is 7.06. The maximum Gasteiger partial charge on any atom is 0.358 e. The van der Waals surface area contributed by atoms with Gasteiger partial charge in [-0.25, -0.2) is 9.48 Å². The number of ether oxygens (including phenoxy) is 1. The van der Waals surface area contributed by atoms with Crippen LogP contribution in [0, 0.1) is 0 Å². The fraction of sp³-hybridized carbons (Fsp3) is 0.250. The standard InChI is InChI=1S/C12H13N3O4/c16-8-9-1-3-10(4-2-9)19-6-5-15-7-11(12(17)18)13-14-15/h1-4,7,16H,5-6,8H2,(H,17,18). The molecule has 7 heteroatoms. The molecule has 0 aliphatic rings. The molecule has 0 aliphatic carbocycles. The second-order valence-corrected chi connectivity index (χ2v) is 3.82. The predicted molar refractivity (Wildman–Crippen MR) is 64.8 cm³/mol. The summed E-state index contributed by atoms with van der Waals surface area (Å²) in [6.07, 6.45) is 1.35. The summed E-state index contributed by atoms with van der Waals surface area (Å²) >= 11 is 0. The Labute approximate surface area is 109 Å². The van der Waals surface area contributed by atoms with Crippen molar-refractivity contribution in [2.24, 2.45) is 0 Å². The average molecular weight is 263 g/mol. The smallest absolute Gasteiger partial charge is 0.358 e. The number of benzene rings is 1. The van der Waals surface area contributed by atoms with E-state index >= 15 is 0 Å². The number of carboxylic acids is 1. The van der Waals surface area contributed by atoms with Gasteiger partial charge in [0.2, 0.25) is 0 Å². The van der Waals surface area contributed by atoms with Crippen LogP contribution in [0.3, 0.4) is 0 Å². The molecule has 0 fully saturated rings. The molecule has 0 bridgehead atoms. The number of hydrogen-bond donors (Lipinski definition) is 2. The van der Waals surface area contributed by atoms with Crippen LogP contribution in [-0.4, -0.2) is 37.8 Å². The fourth-order valence-corrected chi connectivity index (χ4v) is 1.45. The van der Waals surface area contributed by atoms with Gasteiger partial charge in [0, 0.05) is 0 Å². The third kappa shape index (κ3) is 3.52. The van der Waals surface area contributed by atoms with Gasteiger partial charge in [0.05, 0.1) is 19.3 Å². The first-order chi connectivity index (χ1) is 9.19. The zero-order chi connectivity index (χ0) is 13.7. The molecule has 0 aliphatic heterocycles. The monoisotopic (exact) mass is 263 g/mol. The number of aromatic carboxylic acids is 1. The fourth-order valence-electron chi connectivity index (χ4n) is 1.45. The van der Waals surface area contributed by atoms with E-state index in [9.17, 15) is 4.79 Å². The van der Waals surface area contributed by atoms with E-state index in [1.807, 2.05) is 0 Å². The predicted octanol–water partition coefficient (Wildman–Crippen LogP) is 0.548. The molecule has 0 radical (unpaired) electrons. The zero-order valence-electron chi connectivity index (χ0n) is 10.1. The molecule has 0 amide bonds. The number of carboxylic acid groups (broad SMARTS) is 1. The molecule has 0 atom stereocenters.